The van der Waals surface area contributed by atoms with Crippen LogP contribution in [0.3, 0.4) is 0 Å². The molecule has 1 N–H and O–H groups in total. The van der Waals surface area contributed by atoms with Crippen LogP contribution in [-0.4, -0.2) is 38.8 Å². The van der Waals surface area contributed by atoms with Gasteiger partial charge in [-0.1, -0.05) is 12.1 Å². The predicted molar refractivity (Wildman–Crippen MR) is 100 cm³/mol. The maximum atomic E-state index is 12.9. The summed E-state index contributed by atoms with van der Waals surface area (Å²) in [4.78, 5) is 28.3. The number of rotatable bonds is 2. The molecule has 0 radical (unpaired) electrons. The van der Waals surface area contributed by atoms with Gasteiger partial charge in [0.15, 0.2) is 0 Å². The number of aromatic nitrogens is 3. The summed E-state index contributed by atoms with van der Waals surface area (Å²) in [5.74, 6) is 1.37. The minimum absolute atomic E-state index is 0.111. The first-order valence-corrected chi connectivity index (χ1v) is 9.53. The number of benzene rings is 1. The van der Waals surface area contributed by atoms with E-state index in [-0.39, 0.29) is 11.8 Å². The van der Waals surface area contributed by atoms with Crippen LogP contribution in [0.4, 0.5) is 0 Å². The van der Waals surface area contributed by atoms with Crippen molar-refractivity contribution in [3.63, 3.8) is 0 Å². The first-order chi connectivity index (χ1) is 12.0. The van der Waals surface area contributed by atoms with E-state index in [1.807, 2.05) is 24.8 Å². The number of carbonyl (C=O) groups is 1. The van der Waals surface area contributed by atoms with Gasteiger partial charge in [0.2, 0.25) is 0 Å². The van der Waals surface area contributed by atoms with Crippen LogP contribution < -0.4 is 0 Å². The SMILES string of the molecule is Cc1nc(C)c(C(=O)N2CCCC(c3nc4c(C)cccc4[nH]3)C2)s1. The van der Waals surface area contributed by atoms with Gasteiger partial charge in [-0.05, 0) is 45.2 Å². The van der Waals surface area contributed by atoms with Crippen molar-refractivity contribution in [2.24, 2.45) is 0 Å². The Labute approximate surface area is 151 Å². The lowest BCUT2D eigenvalue weighted by Crippen LogP contribution is -2.39. The van der Waals surface area contributed by atoms with Crippen LogP contribution in [0, 0.1) is 20.8 Å². The number of nitrogens with zero attached hydrogens (tertiary/aromatic N) is 3. The van der Waals surface area contributed by atoms with E-state index in [9.17, 15) is 4.79 Å². The number of carbonyl (C=O) groups excluding carboxylic acids is 1. The molecule has 0 aliphatic carbocycles. The van der Waals surface area contributed by atoms with Crippen molar-refractivity contribution in [2.75, 3.05) is 13.1 Å². The molecule has 1 unspecified atom stereocenters. The van der Waals surface area contributed by atoms with Crippen LogP contribution in [-0.2, 0) is 0 Å². The normalized spacial score (nSPS) is 18.0. The number of amides is 1. The number of likely N-dealkylation sites (tertiary alicyclic amines) is 1. The quantitative estimate of drug-likeness (QED) is 0.757. The van der Waals surface area contributed by atoms with Gasteiger partial charge in [0.25, 0.3) is 5.91 Å². The molecule has 130 valence electrons. The number of aryl methyl sites for hydroxylation is 3. The van der Waals surface area contributed by atoms with Gasteiger partial charge < -0.3 is 9.88 Å². The Morgan fingerprint density at radius 3 is 2.84 bits per heavy atom. The summed E-state index contributed by atoms with van der Waals surface area (Å²) in [5, 5.41) is 0.946. The molecule has 1 aromatic carbocycles. The number of fused-ring (bicyclic) bond motifs is 1. The molecule has 5 nitrogen and oxygen atoms in total. The summed E-state index contributed by atoms with van der Waals surface area (Å²) in [5.41, 5.74) is 4.13. The third-order valence-electron chi connectivity index (χ3n) is 4.93. The second kappa shape index (κ2) is 6.26. The zero-order valence-electron chi connectivity index (χ0n) is 14.8. The standard InChI is InChI=1S/C19H22N4OS/c1-11-6-4-8-15-16(11)22-18(21-15)14-7-5-9-23(10-14)19(24)17-12(2)20-13(3)25-17/h4,6,8,14H,5,7,9-10H2,1-3H3,(H,21,22). The number of aromatic amines is 1. The third-order valence-corrected chi connectivity index (χ3v) is 5.99. The summed E-state index contributed by atoms with van der Waals surface area (Å²) in [7, 11) is 0. The molecule has 4 rings (SSSR count). The second-order valence-electron chi connectivity index (χ2n) is 6.83. The van der Waals surface area contributed by atoms with Crippen molar-refractivity contribution in [1.82, 2.24) is 19.9 Å². The Kier molecular flexibility index (Phi) is 4.07. The fourth-order valence-electron chi connectivity index (χ4n) is 3.65. The van der Waals surface area contributed by atoms with E-state index in [4.69, 9.17) is 4.98 Å². The fourth-order valence-corrected chi connectivity index (χ4v) is 4.53. The molecule has 0 spiro atoms. The van der Waals surface area contributed by atoms with Crippen LogP contribution in [0.25, 0.3) is 11.0 Å². The number of nitrogens with one attached hydrogen (secondary N) is 1. The Hall–Kier alpha value is -2.21. The third kappa shape index (κ3) is 2.95. The summed E-state index contributed by atoms with van der Waals surface area (Å²) < 4.78 is 0. The zero-order valence-corrected chi connectivity index (χ0v) is 15.6. The highest BCUT2D eigenvalue weighted by Gasteiger charge is 2.29. The maximum Gasteiger partial charge on any atom is 0.265 e. The van der Waals surface area contributed by atoms with Gasteiger partial charge in [0.05, 0.1) is 21.7 Å². The predicted octanol–water partition coefficient (Wildman–Crippen LogP) is 3.96. The molecule has 1 aliphatic rings. The lowest BCUT2D eigenvalue weighted by atomic mass is 9.97. The van der Waals surface area contributed by atoms with Gasteiger partial charge in [0.1, 0.15) is 10.7 Å². The highest BCUT2D eigenvalue weighted by molar-refractivity contribution is 7.13. The van der Waals surface area contributed by atoms with E-state index in [0.717, 1.165) is 51.8 Å². The van der Waals surface area contributed by atoms with E-state index in [2.05, 4.69) is 29.0 Å². The highest BCUT2D eigenvalue weighted by Crippen LogP contribution is 2.29. The van der Waals surface area contributed by atoms with Gasteiger partial charge >= 0.3 is 0 Å². The van der Waals surface area contributed by atoms with Gasteiger partial charge in [-0.25, -0.2) is 9.97 Å². The minimum Gasteiger partial charge on any atom is -0.342 e. The van der Waals surface area contributed by atoms with E-state index in [1.165, 1.54) is 16.9 Å². The average Bonchev–Trinajstić information content (AvgIpc) is 3.18. The number of para-hydroxylation sites is 1. The number of hydrogen-bond acceptors (Lipinski definition) is 4. The minimum atomic E-state index is 0.111. The summed E-state index contributed by atoms with van der Waals surface area (Å²) in [6.45, 7) is 7.47. The van der Waals surface area contributed by atoms with Crippen LogP contribution in [0.15, 0.2) is 18.2 Å². The van der Waals surface area contributed by atoms with Crippen LogP contribution in [0.2, 0.25) is 0 Å². The molecule has 6 heteroatoms. The van der Waals surface area contributed by atoms with Crippen molar-refractivity contribution < 1.29 is 4.79 Å². The Morgan fingerprint density at radius 2 is 2.12 bits per heavy atom. The molecule has 1 fully saturated rings. The summed E-state index contributed by atoms with van der Waals surface area (Å²) >= 11 is 1.49. The Bertz CT molecular complexity index is 942. The molecule has 3 aromatic rings. The molecule has 1 atom stereocenters. The summed E-state index contributed by atoms with van der Waals surface area (Å²) in [6, 6.07) is 6.19. The van der Waals surface area contributed by atoms with E-state index in [0.29, 0.717) is 6.54 Å². The molecule has 3 heterocycles. The lowest BCUT2D eigenvalue weighted by Gasteiger charge is -2.31. The topological polar surface area (TPSA) is 61.9 Å². The first kappa shape index (κ1) is 16.3. The van der Waals surface area contributed by atoms with Gasteiger partial charge in [-0.15, -0.1) is 11.3 Å². The fraction of sp³-hybridized carbons (Fsp3) is 0.421. The second-order valence-corrected chi connectivity index (χ2v) is 8.03. The first-order valence-electron chi connectivity index (χ1n) is 8.71. The number of thiazole rings is 1. The molecule has 1 saturated heterocycles. The van der Waals surface area contributed by atoms with Gasteiger partial charge in [0, 0.05) is 19.0 Å². The number of piperidine rings is 1. The van der Waals surface area contributed by atoms with Crippen LogP contribution in [0.1, 0.15) is 50.5 Å². The van der Waals surface area contributed by atoms with E-state index < -0.39 is 0 Å². The van der Waals surface area contributed by atoms with Crippen molar-refractivity contribution in [3.8, 4) is 0 Å². The van der Waals surface area contributed by atoms with E-state index >= 15 is 0 Å². The Balaban J connectivity index is 1.59. The van der Waals surface area contributed by atoms with Gasteiger partial charge in [-0.3, -0.25) is 4.79 Å². The lowest BCUT2D eigenvalue weighted by molar-refractivity contribution is 0.0709. The summed E-state index contributed by atoms with van der Waals surface area (Å²) in [6.07, 6.45) is 2.06. The molecule has 25 heavy (non-hydrogen) atoms. The van der Waals surface area contributed by atoms with Crippen molar-refractivity contribution >= 4 is 28.3 Å². The zero-order chi connectivity index (χ0) is 17.6. The molecule has 1 aliphatic heterocycles. The molecule has 0 saturated carbocycles. The molecule has 0 bridgehead atoms. The van der Waals surface area contributed by atoms with Crippen LogP contribution in [0.5, 0.6) is 0 Å². The smallest absolute Gasteiger partial charge is 0.265 e. The maximum absolute atomic E-state index is 12.9. The highest BCUT2D eigenvalue weighted by atomic mass is 32.1. The van der Waals surface area contributed by atoms with Crippen molar-refractivity contribution in [3.05, 3.63) is 45.2 Å². The average molecular weight is 354 g/mol. The van der Waals surface area contributed by atoms with Crippen LogP contribution >= 0.6 is 11.3 Å². The number of H-pyrrole nitrogens is 1. The number of imidazole rings is 1. The van der Waals surface area contributed by atoms with Crippen molar-refractivity contribution in [2.45, 2.75) is 39.5 Å². The molecule has 1 amide bonds. The van der Waals surface area contributed by atoms with Gasteiger partial charge in [-0.2, -0.15) is 0 Å². The number of hydrogen-bond donors (Lipinski definition) is 1. The molecular weight excluding hydrogens is 332 g/mol. The van der Waals surface area contributed by atoms with E-state index in [1.54, 1.807) is 0 Å². The Morgan fingerprint density at radius 1 is 1.28 bits per heavy atom. The molecular formula is C19H22N4OS. The monoisotopic (exact) mass is 354 g/mol. The van der Waals surface area contributed by atoms with Crippen molar-refractivity contribution in [1.29, 1.82) is 0 Å². The molecule has 2 aromatic heterocycles. The largest absolute Gasteiger partial charge is 0.342 e.